The Morgan fingerprint density at radius 2 is 2.00 bits per heavy atom. The maximum Gasteiger partial charge on any atom is 0.0524 e. The molecule has 0 heterocycles. The molecule has 2 N–H and O–H groups in total. The van der Waals surface area contributed by atoms with Gasteiger partial charge < -0.3 is 15.3 Å². The largest absolute Gasteiger partial charge is 0.393 e. The Morgan fingerprint density at radius 3 is 2.47 bits per heavy atom. The molecule has 0 saturated heterocycles. The summed E-state index contributed by atoms with van der Waals surface area (Å²) in [6, 6.07) is 0. The van der Waals surface area contributed by atoms with E-state index in [-0.39, 0.29) is 6.10 Å². The first kappa shape index (κ1) is 16.9. The van der Waals surface area contributed by atoms with E-state index in [4.69, 9.17) is 0 Å². The minimum Gasteiger partial charge on any atom is -0.393 e. The van der Waals surface area contributed by atoms with Crippen molar-refractivity contribution >= 4 is 0 Å². The summed E-state index contributed by atoms with van der Waals surface area (Å²) in [6.45, 7) is 12.9. The lowest BCUT2D eigenvalue weighted by molar-refractivity contribution is 0.137. The van der Waals surface area contributed by atoms with Gasteiger partial charge >= 0.3 is 0 Å². The molecule has 0 aliphatic carbocycles. The zero-order valence-electron chi connectivity index (χ0n) is 12.4. The summed E-state index contributed by atoms with van der Waals surface area (Å²) in [7, 11) is 2.15. The van der Waals surface area contributed by atoms with Crippen LogP contribution in [-0.2, 0) is 0 Å². The third kappa shape index (κ3) is 8.58. The summed E-state index contributed by atoms with van der Waals surface area (Å²) in [5, 5.41) is 12.8. The van der Waals surface area contributed by atoms with Gasteiger partial charge in [-0.15, -0.1) is 0 Å². The Morgan fingerprint density at radius 1 is 1.35 bits per heavy atom. The topological polar surface area (TPSA) is 35.5 Å². The highest BCUT2D eigenvalue weighted by atomic mass is 16.3. The van der Waals surface area contributed by atoms with Crippen LogP contribution in [0.3, 0.4) is 0 Å². The first-order chi connectivity index (χ1) is 7.93. The molecule has 17 heavy (non-hydrogen) atoms. The lowest BCUT2D eigenvalue weighted by atomic mass is 9.86. The maximum atomic E-state index is 9.29. The first-order valence-electron chi connectivity index (χ1n) is 7.01. The molecule has 0 aliphatic heterocycles. The first-order valence-corrected chi connectivity index (χ1v) is 7.01. The summed E-state index contributed by atoms with van der Waals surface area (Å²) >= 11 is 0. The predicted molar refractivity (Wildman–Crippen MR) is 75.4 cm³/mol. The van der Waals surface area contributed by atoms with E-state index in [9.17, 15) is 5.11 Å². The number of nitrogens with zero attached hydrogens (tertiary/aromatic N) is 1. The van der Waals surface area contributed by atoms with Crippen molar-refractivity contribution in [3.05, 3.63) is 0 Å². The maximum absolute atomic E-state index is 9.29. The Balaban J connectivity index is 3.98. The Kier molecular flexibility index (Phi) is 8.83. The van der Waals surface area contributed by atoms with Crippen molar-refractivity contribution < 1.29 is 5.11 Å². The second kappa shape index (κ2) is 8.90. The molecule has 3 heteroatoms. The van der Waals surface area contributed by atoms with Gasteiger partial charge in [0, 0.05) is 19.6 Å². The number of hydrogen-bond donors (Lipinski definition) is 2. The number of rotatable bonds is 10. The highest BCUT2D eigenvalue weighted by molar-refractivity contribution is 4.78. The summed E-state index contributed by atoms with van der Waals surface area (Å²) in [5.41, 5.74) is 0.336. The molecule has 3 nitrogen and oxygen atoms in total. The highest BCUT2D eigenvalue weighted by Crippen LogP contribution is 2.21. The summed E-state index contributed by atoms with van der Waals surface area (Å²) in [5.74, 6) is 0. The number of hydrogen-bond acceptors (Lipinski definition) is 3. The molecule has 104 valence electrons. The number of aliphatic hydroxyl groups is 1. The van der Waals surface area contributed by atoms with Crippen LogP contribution in [0.15, 0.2) is 0 Å². The van der Waals surface area contributed by atoms with E-state index < -0.39 is 0 Å². The fraction of sp³-hybridized carbons (Fsp3) is 1.00. The number of nitrogens with one attached hydrogen (secondary N) is 1. The minimum absolute atomic E-state index is 0.191. The molecule has 0 rings (SSSR count). The SMILES string of the molecule is CCCNCC(C)(CC)CN(C)CCC(C)O. The third-order valence-electron chi connectivity index (χ3n) is 3.41. The van der Waals surface area contributed by atoms with Crippen LogP contribution < -0.4 is 5.32 Å². The van der Waals surface area contributed by atoms with Gasteiger partial charge in [-0.1, -0.05) is 20.8 Å². The molecule has 2 atom stereocenters. The van der Waals surface area contributed by atoms with Crippen molar-refractivity contribution in [3.63, 3.8) is 0 Å². The molecule has 0 aliphatic rings. The van der Waals surface area contributed by atoms with Crippen LogP contribution in [0, 0.1) is 5.41 Å². The lowest BCUT2D eigenvalue weighted by Gasteiger charge is -2.33. The van der Waals surface area contributed by atoms with Crippen molar-refractivity contribution in [2.24, 2.45) is 5.41 Å². The van der Waals surface area contributed by atoms with Gasteiger partial charge in [0.25, 0.3) is 0 Å². The molecule has 0 saturated carbocycles. The number of aliphatic hydroxyl groups excluding tert-OH is 1. The van der Waals surface area contributed by atoms with E-state index in [0.717, 1.165) is 32.6 Å². The molecule has 0 aromatic carbocycles. The average Bonchev–Trinajstić information content (AvgIpc) is 2.27. The van der Waals surface area contributed by atoms with Crippen molar-refractivity contribution in [2.45, 2.75) is 53.1 Å². The summed E-state index contributed by atoms with van der Waals surface area (Å²) in [4.78, 5) is 2.34. The molecule has 0 aromatic rings. The average molecular weight is 244 g/mol. The minimum atomic E-state index is -0.191. The van der Waals surface area contributed by atoms with E-state index in [1.807, 2.05) is 6.92 Å². The van der Waals surface area contributed by atoms with Crippen LogP contribution in [0.2, 0.25) is 0 Å². The second-order valence-electron chi connectivity index (χ2n) is 5.72. The van der Waals surface area contributed by atoms with Crippen LogP contribution in [0.4, 0.5) is 0 Å². The van der Waals surface area contributed by atoms with Gasteiger partial charge in [-0.2, -0.15) is 0 Å². The van der Waals surface area contributed by atoms with Crippen LogP contribution >= 0.6 is 0 Å². The molecule has 0 fully saturated rings. The molecule has 0 amide bonds. The molecule has 0 bridgehead atoms. The van der Waals surface area contributed by atoms with E-state index in [1.54, 1.807) is 0 Å². The van der Waals surface area contributed by atoms with Gasteiger partial charge in [-0.3, -0.25) is 0 Å². The summed E-state index contributed by atoms with van der Waals surface area (Å²) in [6.07, 6.45) is 3.04. The zero-order valence-corrected chi connectivity index (χ0v) is 12.4. The van der Waals surface area contributed by atoms with Crippen molar-refractivity contribution in [3.8, 4) is 0 Å². The monoisotopic (exact) mass is 244 g/mol. The normalized spacial score (nSPS) is 17.1. The van der Waals surface area contributed by atoms with E-state index >= 15 is 0 Å². The zero-order chi connectivity index (χ0) is 13.3. The van der Waals surface area contributed by atoms with Gasteiger partial charge in [-0.25, -0.2) is 0 Å². The predicted octanol–water partition coefficient (Wildman–Crippen LogP) is 2.11. The summed E-state index contributed by atoms with van der Waals surface area (Å²) < 4.78 is 0. The van der Waals surface area contributed by atoms with Crippen LogP contribution in [0.1, 0.15) is 47.0 Å². The molecule has 0 spiro atoms. The quantitative estimate of drug-likeness (QED) is 0.578. The van der Waals surface area contributed by atoms with Crippen molar-refractivity contribution in [1.29, 1.82) is 0 Å². The molecular weight excluding hydrogens is 212 g/mol. The van der Waals surface area contributed by atoms with E-state index in [1.165, 1.54) is 12.8 Å². The smallest absolute Gasteiger partial charge is 0.0524 e. The fourth-order valence-corrected chi connectivity index (χ4v) is 2.00. The van der Waals surface area contributed by atoms with Crippen molar-refractivity contribution in [2.75, 3.05) is 33.2 Å². The fourth-order valence-electron chi connectivity index (χ4n) is 2.00. The van der Waals surface area contributed by atoms with Gasteiger partial charge in [0.05, 0.1) is 6.10 Å². The lowest BCUT2D eigenvalue weighted by Crippen LogP contribution is -2.41. The van der Waals surface area contributed by atoms with Gasteiger partial charge in [-0.05, 0) is 45.2 Å². The molecule has 0 aromatic heterocycles. The van der Waals surface area contributed by atoms with Gasteiger partial charge in [0.2, 0.25) is 0 Å². The third-order valence-corrected chi connectivity index (χ3v) is 3.41. The highest BCUT2D eigenvalue weighted by Gasteiger charge is 2.23. The van der Waals surface area contributed by atoms with Crippen molar-refractivity contribution in [1.82, 2.24) is 10.2 Å². The van der Waals surface area contributed by atoms with Gasteiger partial charge in [0.1, 0.15) is 0 Å². The Labute approximate surface area is 108 Å². The molecule has 0 radical (unpaired) electrons. The Hall–Kier alpha value is -0.120. The Bertz CT molecular complexity index is 185. The van der Waals surface area contributed by atoms with Crippen LogP contribution in [-0.4, -0.2) is 49.3 Å². The van der Waals surface area contributed by atoms with Gasteiger partial charge in [0.15, 0.2) is 0 Å². The van der Waals surface area contributed by atoms with Crippen LogP contribution in [0.5, 0.6) is 0 Å². The molecular formula is C14H32N2O. The second-order valence-corrected chi connectivity index (χ2v) is 5.72. The molecule has 2 unspecified atom stereocenters. The van der Waals surface area contributed by atoms with E-state index in [2.05, 4.69) is 38.0 Å². The standard InChI is InChI=1S/C14H32N2O/c1-6-9-15-11-14(4,7-2)12-16(5)10-8-13(3)17/h13,15,17H,6-12H2,1-5H3. The van der Waals surface area contributed by atoms with Crippen LogP contribution in [0.25, 0.3) is 0 Å². The van der Waals surface area contributed by atoms with E-state index in [0.29, 0.717) is 5.41 Å².